The van der Waals surface area contributed by atoms with E-state index < -0.39 is 6.72 Å². The molecular formula is C40H71NO9PS-. The molecule has 0 aliphatic heterocycles. The molecule has 4 aliphatic rings. The van der Waals surface area contributed by atoms with Gasteiger partial charge in [0, 0.05) is 26.7 Å². The molecule has 0 radical (unpaired) electrons. The van der Waals surface area contributed by atoms with Crippen LogP contribution < -0.4 is 10.2 Å². The Morgan fingerprint density at radius 3 is 2.19 bits per heavy atom. The van der Waals surface area contributed by atoms with E-state index in [1.807, 2.05) is 0 Å². The van der Waals surface area contributed by atoms with E-state index in [0.29, 0.717) is 64.6 Å². The molecule has 302 valence electrons. The van der Waals surface area contributed by atoms with Crippen molar-refractivity contribution in [2.24, 2.45) is 46.3 Å². The van der Waals surface area contributed by atoms with Crippen molar-refractivity contribution in [3.05, 3.63) is 11.6 Å². The highest BCUT2D eigenvalue weighted by molar-refractivity contribution is 8.06. The van der Waals surface area contributed by atoms with Crippen molar-refractivity contribution in [1.82, 2.24) is 5.32 Å². The zero-order valence-electron chi connectivity index (χ0n) is 33.2. The zero-order chi connectivity index (χ0) is 37.6. The van der Waals surface area contributed by atoms with Crippen LogP contribution in [-0.4, -0.2) is 85.3 Å². The summed E-state index contributed by atoms with van der Waals surface area (Å²) < 4.78 is 37.3. The molecule has 1 amide bonds. The number of carbonyl (C=O) groups is 1. The molecule has 4 rings (SSSR count). The summed E-state index contributed by atoms with van der Waals surface area (Å²) in [6.07, 6.45) is 16.9. The van der Waals surface area contributed by atoms with Crippen molar-refractivity contribution in [2.45, 2.75) is 118 Å². The van der Waals surface area contributed by atoms with E-state index in [1.54, 1.807) is 5.57 Å². The molecule has 0 aromatic heterocycles. The van der Waals surface area contributed by atoms with E-state index in [-0.39, 0.29) is 30.8 Å². The molecule has 4 aliphatic carbocycles. The summed E-state index contributed by atoms with van der Waals surface area (Å²) in [5, 5.41) is 2.92. The maximum absolute atomic E-state index is 12.7. The van der Waals surface area contributed by atoms with Crippen LogP contribution in [-0.2, 0) is 44.5 Å². The quantitative estimate of drug-likeness (QED) is 0.0592. The molecule has 0 aromatic rings. The molecule has 9 atom stereocenters. The van der Waals surface area contributed by atoms with Gasteiger partial charge in [0.2, 0.25) is 0 Å². The summed E-state index contributed by atoms with van der Waals surface area (Å²) >= 11 is 4.62. The van der Waals surface area contributed by atoms with Crippen LogP contribution in [0.1, 0.15) is 112 Å². The largest absolute Gasteiger partial charge is 0.780 e. The Morgan fingerprint density at radius 2 is 1.54 bits per heavy atom. The lowest BCUT2D eigenvalue weighted by Crippen LogP contribution is -2.51. The standard InChI is InChI=1S/C40H72NO9PS/c1-30(2)9-7-10-31(3)35-13-14-36-34-12-11-32-29-33(15-17-39(32,4)37(34)16-18-40(35,36)5)50-38(42)41-19-8-20-45-21-22-46-23-24-47-25-26-48-27-28-49-51(43,52)44-6/h11,30-31,33-37H,7-10,12-29H2,1-6H3,(H,41,42)(H,43,52)/p-1/t31-,33+,34+,35-,36+,37+,39+,40-,51?/m1/s1. The number of nitrogens with one attached hydrogen (secondary N) is 1. The third-order valence-electron chi connectivity index (χ3n) is 13.1. The predicted molar refractivity (Wildman–Crippen MR) is 206 cm³/mol. The van der Waals surface area contributed by atoms with E-state index >= 15 is 0 Å². The van der Waals surface area contributed by atoms with E-state index in [9.17, 15) is 9.69 Å². The molecule has 52 heavy (non-hydrogen) atoms. The van der Waals surface area contributed by atoms with Gasteiger partial charge in [-0.15, -0.1) is 0 Å². The van der Waals surface area contributed by atoms with Crippen LogP contribution in [0, 0.1) is 46.3 Å². The second kappa shape index (κ2) is 21.6. The summed E-state index contributed by atoms with van der Waals surface area (Å²) in [6.45, 7) is 13.2. The minimum atomic E-state index is -3.37. The molecule has 1 unspecified atom stereocenters. The fraction of sp³-hybridized carbons (Fsp3) is 0.925. The lowest BCUT2D eigenvalue weighted by molar-refractivity contribution is -0.205. The minimum absolute atomic E-state index is 0.0354. The average molecular weight is 773 g/mol. The third kappa shape index (κ3) is 12.7. The first-order valence-electron chi connectivity index (χ1n) is 20.4. The Morgan fingerprint density at radius 1 is 0.885 bits per heavy atom. The van der Waals surface area contributed by atoms with Crippen molar-refractivity contribution in [3.63, 3.8) is 0 Å². The minimum Gasteiger partial charge on any atom is -0.780 e. The monoisotopic (exact) mass is 772 g/mol. The average Bonchev–Trinajstić information content (AvgIpc) is 3.47. The number of alkyl carbamates (subject to hydrolysis) is 1. The molecule has 1 N–H and O–H groups in total. The van der Waals surface area contributed by atoms with Gasteiger partial charge < -0.3 is 42.9 Å². The summed E-state index contributed by atoms with van der Waals surface area (Å²) in [6, 6.07) is 0. The Kier molecular flexibility index (Phi) is 18.3. The number of amides is 1. The van der Waals surface area contributed by atoms with E-state index in [0.717, 1.165) is 54.8 Å². The van der Waals surface area contributed by atoms with E-state index in [4.69, 9.17) is 28.2 Å². The first-order chi connectivity index (χ1) is 24.9. The highest BCUT2D eigenvalue weighted by atomic mass is 32.5. The fourth-order valence-corrected chi connectivity index (χ4v) is 11.0. The number of allylic oxidation sites excluding steroid dienone is 1. The van der Waals surface area contributed by atoms with Crippen LogP contribution in [0.15, 0.2) is 11.6 Å². The van der Waals surface area contributed by atoms with E-state index in [2.05, 4.69) is 62.3 Å². The second-order valence-corrected chi connectivity index (χ2v) is 19.6. The van der Waals surface area contributed by atoms with Gasteiger partial charge in [-0.25, -0.2) is 4.79 Å². The summed E-state index contributed by atoms with van der Waals surface area (Å²) in [7, 11) is 1.25. The SMILES string of the molecule is COP([O-])(=S)OCCOCCOCCOCCOCCCNC(=O)O[C@H]1CC[C@@]2(C)C(=CC[C@H]3[C@@H]4CC[C@H]([C@H](C)CCCC(C)C)[C@@]4(C)CC[C@@H]32)C1. The lowest BCUT2D eigenvalue weighted by atomic mass is 9.47. The lowest BCUT2D eigenvalue weighted by Gasteiger charge is -2.58. The summed E-state index contributed by atoms with van der Waals surface area (Å²) in [5.74, 6) is 5.00. The number of rotatable bonds is 24. The normalized spacial score (nSPS) is 31.6. The first-order valence-corrected chi connectivity index (χ1v) is 22.9. The van der Waals surface area contributed by atoms with Crippen LogP contribution in [0.25, 0.3) is 0 Å². The molecule has 3 fully saturated rings. The second-order valence-electron chi connectivity index (χ2n) is 16.8. The molecule has 10 nitrogen and oxygen atoms in total. The molecular weight excluding hydrogens is 701 g/mol. The number of ether oxygens (including phenoxy) is 5. The topological polar surface area (TPSA) is 117 Å². The highest BCUT2D eigenvalue weighted by Crippen LogP contribution is 2.67. The van der Waals surface area contributed by atoms with Gasteiger partial charge in [0.05, 0.1) is 52.9 Å². The van der Waals surface area contributed by atoms with Crippen LogP contribution >= 0.6 is 6.72 Å². The Bertz CT molecular complexity index is 1160. The Balaban J connectivity index is 1.03. The Hall–Kier alpha value is -0.620. The maximum Gasteiger partial charge on any atom is 0.407 e. The van der Waals surface area contributed by atoms with Crippen molar-refractivity contribution in [3.8, 4) is 0 Å². The van der Waals surface area contributed by atoms with Crippen molar-refractivity contribution in [1.29, 1.82) is 0 Å². The molecule has 0 aromatic carbocycles. The highest BCUT2D eigenvalue weighted by Gasteiger charge is 2.59. The summed E-state index contributed by atoms with van der Waals surface area (Å²) in [5.41, 5.74) is 2.32. The van der Waals surface area contributed by atoms with Crippen molar-refractivity contribution < 1.29 is 42.4 Å². The molecule has 0 bridgehead atoms. The van der Waals surface area contributed by atoms with E-state index in [1.165, 1.54) is 58.5 Å². The van der Waals surface area contributed by atoms with Crippen LogP contribution in [0.5, 0.6) is 0 Å². The summed E-state index contributed by atoms with van der Waals surface area (Å²) in [4.78, 5) is 24.1. The third-order valence-corrected chi connectivity index (χ3v) is 14.8. The molecule has 12 heteroatoms. The van der Waals surface area contributed by atoms with Gasteiger partial charge in [-0.1, -0.05) is 77.3 Å². The van der Waals surface area contributed by atoms with Gasteiger partial charge in [-0.3, -0.25) is 0 Å². The molecule has 0 heterocycles. The van der Waals surface area contributed by atoms with Gasteiger partial charge in [0.15, 0.2) is 0 Å². The number of hydrogen-bond acceptors (Lipinski definition) is 10. The zero-order valence-corrected chi connectivity index (χ0v) is 34.9. The smallest absolute Gasteiger partial charge is 0.407 e. The van der Waals surface area contributed by atoms with Gasteiger partial charge in [-0.2, -0.15) is 0 Å². The predicted octanol–water partition coefficient (Wildman–Crippen LogP) is 7.83. The fourth-order valence-electron chi connectivity index (χ4n) is 10.3. The van der Waals surface area contributed by atoms with Crippen molar-refractivity contribution in [2.75, 3.05) is 73.1 Å². The first kappa shape index (κ1) is 44.1. The number of fused-ring (bicyclic) bond motifs is 5. The molecule has 3 saturated carbocycles. The number of hydrogen-bond donors (Lipinski definition) is 1. The van der Waals surface area contributed by atoms with Gasteiger partial charge >= 0.3 is 6.09 Å². The molecule has 0 saturated heterocycles. The van der Waals surface area contributed by atoms with Crippen LogP contribution in [0.4, 0.5) is 4.79 Å². The van der Waals surface area contributed by atoms with Gasteiger partial charge in [0.25, 0.3) is 0 Å². The molecule has 0 spiro atoms. The maximum atomic E-state index is 12.7. The van der Waals surface area contributed by atoms with Crippen LogP contribution in [0.3, 0.4) is 0 Å². The Labute approximate surface area is 320 Å². The van der Waals surface area contributed by atoms with Crippen LogP contribution in [0.2, 0.25) is 0 Å². The van der Waals surface area contributed by atoms with Crippen molar-refractivity contribution >= 4 is 24.6 Å². The van der Waals surface area contributed by atoms with Gasteiger partial charge in [-0.05, 0) is 97.7 Å². The number of carbonyl (C=O) groups excluding carboxylic acids is 1. The van der Waals surface area contributed by atoms with Gasteiger partial charge in [0.1, 0.15) is 12.8 Å².